The summed E-state index contributed by atoms with van der Waals surface area (Å²) in [5.41, 5.74) is -0.335. The SMILES string of the molecule is CCCCC/C=C\C/C=C\CCCCCCCCOC(C)(COCCC(C)CCCC(C)C)N(C)C. The van der Waals surface area contributed by atoms with Gasteiger partial charge in [0.05, 0.1) is 6.61 Å². The van der Waals surface area contributed by atoms with Crippen LogP contribution in [0.15, 0.2) is 24.3 Å². The first-order valence-electron chi connectivity index (χ1n) is 15.5. The monoisotopic (exact) mass is 508 g/mol. The predicted molar refractivity (Wildman–Crippen MR) is 161 cm³/mol. The van der Waals surface area contributed by atoms with E-state index in [1.54, 1.807) is 0 Å². The lowest BCUT2D eigenvalue weighted by atomic mass is 9.98. The molecule has 2 atom stereocenters. The number of hydrogen-bond acceptors (Lipinski definition) is 3. The maximum Gasteiger partial charge on any atom is 0.141 e. The molecule has 0 amide bonds. The Kier molecular flexibility index (Phi) is 24.2. The Hall–Kier alpha value is -0.640. The van der Waals surface area contributed by atoms with Gasteiger partial charge in [-0.05, 0) is 77.8 Å². The Labute approximate surface area is 227 Å². The Morgan fingerprint density at radius 1 is 0.694 bits per heavy atom. The van der Waals surface area contributed by atoms with Crippen LogP contribution in [0.4, 0.5) is 0 Å². The highest BCUT2D eigenvalue weighted by atomic mass is 16.6. The second-order valence-electron chi connectivity index (χ2n) is 11.8. The second kappa shape index (κ2) is 24.7. The van der Waals surface area contributed by atoms with E-state index in [0.717, 1.165) is 44.3 Å². The van der Waals surface area contributed by atoms with Crippen LogP contribution < -0.4 is 0 Å². The van der Waals surface area contributed by atoms with Gasteiger partial charge in [0.2, 0.25) is 0 Å². The van der Waals surface area contributed by atoms with Crippen molar-refractivity contribution in [3.8, 4) is 0 Å². The summed E-state index contributed by atoms with van der Waals surface area (Å²) in [5.74, 6) is 1.56. The molecule has 3 nitrogen and oxygen atoms in total. The minimum absolute atomic E-state index is 0.335. The van der Waals surface area contributed by atoms with Crippen LogP contribution in [0.2, 0.25) is 0 Å². The Balaban J connectivity index is 3.73. The first kappa shape index (κ1) is 35.4. The molecule has 0 fully saturated rings. The van der Waals surface area contributed by atoms with E-state index in [1.807, 2.05) is 0 Å². The first-order chi connectivity index (χ1) is 17.3. The zero-order chi connectivity index (χ0) is 26.9. The molecule has 2 unspecified atom stereocenters. The number of ether oxygens (including phenoxy) is 2. The molecular weight excluding hydrogens is 442 g/mol. The number of nitrogens with zero attached hydrogens (tertiary/aromatic N) is 1. The van der Waals surface area contributed by atoms with Crippen molar-refractivity contribution in [2.45, 2.75) is 143 Å². The molecule has 0 aliphatic heterocycles. The molecule has 0 saturated carbocycles. The van der Waals surface area contributed by atoms with Crippen LogP contribution in [0, 0.1) is 11.8 Å². The highest BCUT2D eigenvalue weighted by Crippen LogP contribution is 2.18. The lowest BCUT2D eigenvalue weighted by molar-refractivity contribution is -0.164. The number of allylic oxidation sites excluding steroid dienone is 4. The molecule has 0 aromatic carbocycles. The molecular formula is C33H65NO2. The lowest BCUT2D eigenvalue weighted by Gasteiger charge is -2.36. The van der Waals surface area contributed by atoms with Crippen molar-refractivity contribution in [1.82, 2.24) is 4.90 Å². The third-order valence-electron chi connectivity index (χ3n) is 7.31. The second-order valence-corrected chi connectivity index (χ2v) is 11.8. The van der Waals surface area contributed by atoms with Gasteiger partial charge in [-0.25, -0.2) is 0 Å². The van der Waals surface area contributed by atoms with Crippen LogP contribution in [0.3, 0.4) is 0 Å². The van der Waals surface area contributed by atoms with E-state index in [1.165, 1.54) is 83.5 Å². The molecule has 0 spiro atoms. The van der Waals surface area contributed by atoms with E-state index in [2.05, 4.69) is 77.9 Å². The van der Waals surface area contributed by atoms with Crippen LogP contribution in [-0.2, 0) is 9.47 Å². The van der Waals surface area contributed by atoms with E-state index in [4.69, 9.17) is 9.47 Å². The highest BCUT2D eigenvalue weighted by Gasteiger charge is 2.28. The van der Waals surface area contributed by atoms with Crippen LogP contribution in [0.1, 0.15) is 137 Å². The number of unbranched alkanes of at least 4 members (excludes halogenated alkanes) is 9. The molecule has 0 aromatic heterocycles. The molecule has 0 radical (unpaired) electrons. The molecule has 0 heterocycles. The molecule has 0 saturated heterocycles. The summed E-state index contributed by atoms with van der Waals surface area (Å²) >= 11 is 0. The van der Waals surface area contributed by atoms with E-state index in [-0.39, 0.29) is 5.72 Å². The Morgan fingerprint density at radius 3 is 1.92 bits per heavy atom. The van der Waals surface area contributed by atoms with Gasteiger partial charge in [0.1, 0.15) is 5.72 Å². The minimum atomic E-state index is -0.335. The molecule has 36 heavy (non-hydrogen) atoms. The number of likely N-dealkylation sites (N-methyl/N-ethyl adjacent to an activating group) is 1. The predicted octanol–water partition coefficient (Wildman–Crippen LogP) is 9.96. The van der Waals surface area contributed by atoms with E-state index in [0.29, 0.717) is 6.61 Å². The van der Waals surface area contributed by atoms with Gasteiger partial charge in [-0.3, -0.25) is 4.90 Å². The molecule has 0 aliphatic rings. The fraction of sp³-hybridized carbons (Fsp3) is 0.879. The summed E-state index contributed by atoms with van der Waals surface area (Å²) in [4.78, 5) is 2.16. The van der Waals surface area contributed by atoms with Crippen molar-refractivity contribution in [2.75, 3.05) is 33.9 Å². The molecule has 0 aliphatic carbocycles. The van der Waals surface area contributed by atoms with Crippen molar-refractivity contribution in [1.29, 1.82) is 0 Å². The zero-order valence-corrected chi connectivity index (χ0v) is 25.7. The summed E-state index contributed by atoms with van der Waals surface area (Å²) in [6.45, 7) is 13.7. The van der Waals surface area contributed by atoms with Gasteiger partial charge < -0.3 is 9.47 Å². The van der Waals surface area contributed by atoms with Crippen molar-refractivity contribution >= 4 is 0 Å². The van der Waals surface area contributed by atoms with Crippen molar-refractivity contribution in [3.05, 3.63) is 24.3 Å². The largest absolute Gasteiger partial charge is 0.377 e. The quantitative estimate of drug-likeness (QED) is 0.0660. The third-order valence-corrected chi connectivity index (χ3v) is 7.31. The highest BCUT2D eigenvalue weighted by molar-refractivity contribution is 4.92. The lowest BCUT2D eigenvalue weighted by Crippen LogP contribution is -2.48. The van der Waals surface area contributed by atoms with Crippen LogP contribution >= 0.6 is 0 Å². The average Bonchev–Trinajstić information content (AvgIpc) is 2.83. The fourth-order valence-electron chi connectivity index (χ4n) is 4.25. The summed E-state index contributed by atoms with van der Waals surface area (Å²) in [5, 5.41) is 0. The normalized spacial score (nSPS) is 15.0. The van der Waals surface area contributed by atoms with Gasteiger partial charge in [-0.15, -0.1) is 0 Å². The minimum Gasteiger partial charge on any atom is -0.377 e. The van der Waals surface area contributed by atoms with Gasteiger partial charge in [0.25, 0.3) is 0 Å². The van der Waals surface area contributed by atoms with Gasteiger partial charge >= 0.3 is 0 Å². The van der Waals surface area contributed by atoms with Gasteiger partial charge in [-0.1, -0.05) is 110 Å². The smallest absolute Gasteiger partial charge is 0.141 e. The summed E-state index contributed by atoms with van der Waals surface area (Å²) in [6.07, 6.45) is 29.8. The average molecular weight is 508 g/mol. The fourth-order valence-corrected chi connectivity index (χ4v) is 4.25. The molecule has 0 N–H and O–H groups in total. The zero-order valence-electron chi connectivity index (χ0n) is 25.7. The van der Waals surface area contributed by atoms with E-state index in [9.17, 15) is 0 Å². The van der Waals surface area contributed by atoms with Crippen LogP contribution in [0.25, 0.3) is 0 Å². The standard InChI is InChI=1S/C33H65NO2/c1-8-9-10-11-12-13-14-15-16-17-18-19-20-21-22-23-28-36-33(5,34(6)7)30-35-29-27-32(4)26-24-25-31(2)3/h12-13,15-16,31-32H,8-11,14,17-30H2,1-7H3/b13-12-,16-15-. The number of hydrogen-bond donors (Lipinski definition) is 0. The summed E-state index contributed by atoms with van der Waals surface area (Å²) < 4.78 is 12.4. The third kappa shape index (κ3) is 22.5. The van der Waals surface area contributed by atoms with Gasteiger partial charge in [0, 0.05) is 13.2 Å². The Bertz CT molecular complexity index is 514. The topological polar surface area (TPSA) is 21.7 Å². The van der Waals surface area contributed by atoms with E-state index < -0.39 is 0 Å². The Morgan fingerprint density at radius 2 is 1.31 bits per heavy atom. The first-order valence-corrected chi connectivity index (χ1v) is 15.5. The molecule has 0 aromatic rings. The number of rotatable bonds is 26. The van der Waals surface area contributed by atoms with Crippen LogP contribution in [-0.4, -0.2) is 44.5 Å². The molecule has 3 heteroatoms. The summed E-state index contributed by atoms with van der Waals surface area (Å²) in [6, 6.07) is 0. The van der Waals surface area contributed by atoms with Crippen molar-refractivity contribution < 1.29 is 9.47 Å². The van der Waals surface area contributed by atoms with Crippen LogP contribution in [0.5, 0.6) is 0 Å². The molecule has 0 rings (SSSR count). The molecule has 0 bridgehead atoms. The maximum atomic E-state index is 6.29. The molecule has 214 valence electrons. The summed E-state index contributed by atoms with van der Waals surface area (Å²) in [7, 11) is 4.19. The van der Waals surface area contributed by atoms with Crippen molar-refractivity contribution in [2.24, 2.45) is 11.8 Å². The van der Waals surface area contributed by atoms with Gasteiger partial charge in [-0.2, -0.15) is 0 Å². The maximum absolute atomic E-state index is 6.29. The van der Waals surface area contributed by atoms with E-state index >= 15 is 0 Å². The van der Waals surface area contributed by atoms with Gasteiger partial charge in [0.15, 0.2) is 0 Å². The van der Waals surface area contributed by atoms with Crippen molar-refractivity contribution in [3.63, 3.8) is 0 Å².